The zero-order valence-corrected chi connectivity index (χ0v) is 83.6. The van der Waals surface area contributed by atoms with Gasteiger partial charge in [-0.15, -0.1) is 12.6 Å². The van der Waals surface area contributed by atoms with E-state index < -0.39 is 0 Å². The van der Waals surface area contributed by atoms with Crippen LogP contribution >= 0.6 is 81.7 Å². The number of hydrogen-bond acceptors (Lipinski definition) is 22. The van der Waals surface area contributed by atoms with Gasteiger partial charge in [0.1, 0.15) is 55.1 Å². The van der Waals surface area contributed by atoms with Gasteiger partial charge in [-0.3, -0.25) is 9.59 Å². The van der Waals surface area contributed by atoms with Crippen LogP contribution in [0, 0.1) is 27.7 Å². The van der Waals surface area contributed by atoms with Crippen LogP contribution in [0.2, 0.25) is 0 Å². The van der Waals surface area contributed by atoms with E-state index in [1.807, 2.05) is 210 Å². The first-order chi connectivity index (χ1) is 62.7. The van der Waals surface area contributed by atoms with Crippen LogP contribution in [0.4, 0.5) is 22.7 Å². The van der Waals surface area contributed by atoms with Crippen LogP contribution in [0.3, 0.4) is 0 Å². The van der Waals surface area contributed by atoms with Crippen molar-refractivity contribution < 1.29 is 105 Å². The van der Waals surface area contributed by atoms with E-state index in [1.165, 1.54) is 28.5 Å². The Hall–Kier alpha value is -9.46. The minimum atomic E-state index is -0.294. The Kier molecular flexibility index (Phi) is 43.6. The molecule has 14 aromatic rings. The van der Waals surface area contributed by atoms with Crippen LogP contribution in [-0.2, 0) is 48.9 Å². The van der Waals surface area contributed by atoms with E-state index >= 15 is 0 Å². The SMILES string of the molecule is C.C.CCN1/C(=C/C2=C(O)C(=C\c3oc4ccccc4[n+]3CCO)/C2=O)N(CCO)c2ccccc21.CCN1/C(=C/C2=C(S)C(=C\c3oc4ccccc4[n+]3CCO)/C2=O)N(CCO)c2ccccc21.CCn1c(C)[n+](CCO)c2ccccc21.CCn1c(C)nc2ccccc21.Cc1nc2ccccc2o1.Cc1oc2ccccc2[n+]1CCO.I[I-]I.OCCBr.OCCBr. The van der Waals surface area contributed by atoms with E-state index in [0.29, 0.717) is 109 Å². The Morgan fingerprint density at radius 2 is 0.786 bits per heavy atom. The van der Waals surface area contributed by atoms with Crippen LogP contribution < -0.4 is 51.1 Å². The number of aryl methyl sites for hydroxylation is 5. The monoisotopic (exact) mass is 2270 g/mol. The molecule has 0 radical (unpaired) electrons. The summed E-state index contributed by atoms with van der Waals surface area (Å²) in [4.78, 5) is 43.6. The van der Waals surface area contributed by atoms with Gasteiger partial charge < -0.3 is 87.8 Å². The number of nitrogens with zero attached hydrogens (tertiary/aromatic N) is 12. The van der Waals surface area contributed by atoms with E-state index in [1.54, 1.807) is 16.7 Å². The van der Waals surface area contributed by atoms with Crippen LogP contribution in [0.1, 0.15) is 77.8 Å². The van der Waals surface area contributed by atoms with E-state index in [0.717, 1.165) is 110 Å². The van der Waals surface area contributed by atoms with Gasteiger partial charge in [-0.25, -0.2) is 19.1 Å². The van der Waals surface area contributed by atoms with Crippen molar-refractivity contribution in [1.29, 1.82) is 0 Å². The Morgan fingerprint density at radius 1 is 0.412 bits per heavy atom. The van der Waals surface area contributed by atoms with Gasteiger partial charge in [-0.2, -0.15) is 13.7 Å². The summed E-state index contributed by atoms with van der Waals surface area (Å²) in [5.41, 5.74) is 16.7. The molecule has 131 heavy (non-hydrogen) atoms. The Morgan fingerprint density at radius 3 is 1.22 bits per heavy atom. The molecule has 33 heteroatoms. The molecule has 0 unspecified atom stereocenters. The number of aromatic nitrogens is 8. The Labute approximate surface area is 815 Å². The summed E-state index contributed by atoms with van der Waals surface area (Å²) in [7, 11) is 0. The molecular weight excluding hydrogens is 2160 g/mol. The van der Waals surface area contributed by atoms with Crippen molar-refractivity contribution in [2.45, 2.75) is 110 Å². The summed E-state index contributed by atoms with van der Waals surface area (Å²) in [6.07, 6.45) is 6.73. The molecule has 18 rings (SSSR count). The fraction of sp³-hybridized carbons (Fsp3) is 0.306. The van der Waals surface area contributed by atoms with Crippen LogP contribution in [0.5, 0.6) is 0 Å². The van der Waals surface area contributed by atoms with E-state index in [2.05, 4.69) is 179 Å². The molecule has 698 valence electrons. The molecule has 8 heterocycles. The number of aliphatic hydroxyl groups is 9. The fourth-order valence-corrected chi connectivity index (χ4v) is 15.8. The number of carbonyl (C=O) groups excluding carboxylic acids is 2. The maximum Gasteiger partial charge on any atom is 0.0528 e. The van der Waals surface area contributed by atoms with Crippen molar-refractivity contribution in [2.75, 3.05) is 109 Å². The quantitative estimate of drug-likeness (QED) is 0.00990. The van der Waals surface area contributed by atoms with Gasteiger partial charge in [0.15, 0.2) is 47.9 Å². The number of para-hydroxylation sites is 16. The summed E-state index contributed by atoms with van der Waals surface area (Å²) >= 11 is 15.9. The van der Waals surface area contributed by atoms with Gasteiger partial charge in [-0.1, -0.05) is 144 Å². The fourth-order valence-electron chi connectivity index (χ4n) is 15.5. The maximum atomic E-state index is 13.2. The Balaban J connectivity index is 0.000000200. The van der Waals surface area contributed by atoms with Crippen molar-refractivity contribution in [3.8, 4) is 0 Å². The van der Waals surface area contributed by atoms with Crippen molar-refractivity contribution in [1.82, 2.24) is 19.1 Å². The molecule has 8 aromatic carbocycles. The van der Waals surface area contributed by atoms with Gasteiger partial charge in [0.25, 0.3) is 22.4 Å². The van der Waals surface area contributed by atoms with Gasteiger partial charge >= 0.3 is 68.2 Å². The Bertz CT molecular complexity index is 6080. The number of allylic oxidation sites excluding steroid dienone is 6. The molecule has 0 amide bonds. The minimum absolute atomic E-state index is 0. The normalized spacial score (nSPS) is 14.1. The second-order valence-corrected chi connectivity index (χ2v) is 47.0. The zero-order valence-electron chi connectivity index (χ0n) is 73.1. The number of thiol groups is 1. The summed E-state index contributed by atoms with van der Waals surface area (Å²) < 4.78 is 34.8. The maximum absolute atomic E-state index is 13.2. The molecule has 9 N–H and O–H groups in total. The van der Waals surface area contributed by atoms with Crippen LogP contribution in [0.25, 0.3) is 78.6 Å². The predicted molar refractivity (Wildman–Crippen MR) is 543 cm³/mol. The first kappa shape index (κ1) is 107. The number of fused-ring (bicyclic) bond motifs is 8. The molecule has 2 aliphatic heterocycles. The van der Waals surface area contributed by atoms with Gasteiger partial charge in [0.05, 0.1) is 104 Å². The molecular formula is C98H118Br2I3N12O15S+3. The van der Waals surface area contributed by atoms with Gasteiger partial charge in [-0.05, 0) is 126 Å². The second kappa shape index (κ2) is 53.4. The van der Waals surface area contributed by atoms with E-state index in [4.69, 9.17) is 38.1 Å². The molecule has 2 aliphatic carbocycles. The van der Waals surface area contributed by atoms with Gasteiger partial charge in [0.2, 0.25) is 22.5 Å². The van der Waals surface area contributed by atoms with Crippen LogP contribution in [-0.4, -0.2) is 166 Å². The number of ketones is 2. The van der Waals surface area contributed by atoms with Crippen molar-refractivity contribution >= 4 is 195 Å². The van der Waals surface area contributed by atoms with Crippen molar-refractivity contribution in [2.24, 2.45) is 0 Å². The number of Topliss-reactive ketones (excluding diaryl/α,β-unsaturated/α-hetero) is 2. The standard InChI is InChI=1S/C26H25N3O5.C26H25N3O4S.C12H17N2O.C10H12N2.C10H12NO2.C8H7NO.2C2H5BrO.2CH4.I3/c1-2-27-19-7-3-4-8-20(19)28(11-13-30)23(27)15-17-25(32)18(26(17)33)16-24-29(12-14-31)21-9-5-6-10-22(21)34-24;1-2-27-19-7-3-4-8-20(19)28(11-13-30)23(27)15-17-25(32)18(26(17)34)16-24-29(12-14-31)21-9-5-6-10-22(21)33-24;1-3-13-10(2)14(8-9-15)12-7-5-4-6-11(12)13;1-3-12-8(2)11-9-6-4-5-7-10(9)12;1-8-11(6-7-12)9-4-2-3-5-10(9)13-8;1-6-9-7-4-2-3-5-8(7)10-6;2*3-1-2-4;;;1-3-2/h2*3-10,15-16,30-31H,2,11-14H2,1H3;4-7,15H,3,8-9H2,1-2H3;4-7H,3H2,1-2H3;2-5,12H,6-7H2,1H3;2-5H,1H3;2*4H,1-2H2;2*1H4;/q;;+1;;+1;;;;;;-1/p+2. The zero-order chi connectivity index (χ0) is 92.8. The third-order valence-electron chi connectivity index (χ3n) is 21.0. The molecule has 0 atom stereocenters. The van der Waals surface area contributed by atoms with Gasteiger partial charge in [0, 0.05) is 91.5 Å². The largest absolute Gasteiger partial charge is 0.396 e. The molecule has 0 spiro atoms. The average molecular weight is 2280 g/mol. The number of hydrogen-bond donors (Lipinski definition) is 10. The molecule has 6 aromatic heterocycles. The molecule has 0 fully saturated rings. The third-order valence-corrected chi connectivity index (χ3v) is 22.2. The van der Waals surface area contributed by atoms with Crippen molar-refractivity contribution in [3.63, 3.8) is 0 Å². The number of halogens is 5. The van der Waals surface area contributed by atoms with Crippen molar-refractivity contribution in [3.05, 3.63) is 286 Å². The predicted octanol–water partition coefficient (Wildman–Crippen LogP) is 13.3. The van der Waals surface area contributed by atoms with E-state index in [9.17, 15) is 35.1 Å². The summed E-state index contributed by atoms with van der Waals surface area (Å²) in [6.45, 7) is 22.9. The second-order valence-electron chi connectivity index (χ2n) is 28.7. The first-order valence-corrected chi connectivity index (χ1v) is 57.4. The number of alkyl halides is 2. The topological polar surface area (TPSA) is 333 Å². The number of oxazole rings is 4. The molecule has 4 aliphatic rings. The third kappa shape index (κ3) is 25.3. The average Bonchev–Trinajstić information content (AvgIpc) is 1.66. The number of anilines is 4. The van der Waals surface area contributed by atoms with E-state index in [-0.39, 0.29) is 96.2 Å². The summed E-state index contributed by atoms with van der Waals surface area (Å²) in [5, 5.41) is 84.0. The smallest absolute Gasteiger partial charge is 0.0528 e. The number of carbonyl (C=O) groups is 2. The summed E-state index contributed by atoms with van der Waals surface area (Å²) in [6, 6.07) is 62.9. The number of rotatable bonds is 22. The first-order valence-electron chi connectivity index (χ1n) is 42.1. The van der Waals surface area contributed by atoms with Crippen LogP contribution in [0.15, 0.2) is 269 Å². The molecule has 0 bridgehead atoms. The molecule has 0 saturated carbocycles. The number of β-amino-alcohol motifs (C(OH)–C–C–N with tert-alkyl or cyclic N) is 2. The molecule has 27 nitrogen and oxygen atoms in total. The summed E-state index contributed by atoms with van der Waals surface area (Å²) in [5.74, 6) is 5.76. The molecule has 0 saturated heterocycles. The number of aliphatic hydroxyl groups excluding tert-OH is 9. The minimum Gasteiger partial charge on any atom is -0.396 e. The number of benzene rings is 8. The number of imidazole rings is 2.